The summed E-state index contributed by atoms with van der Waals surface area (Å²) in [4.78, 5) is 12.2. The van der Waals surface area contributed by atoms with Crippen molar-refractivity contribution in [2.75, 3.05) is 26.2 Å². The summed E-state index contributed by atoms with van der Waals surface area (Å²) < 4.78 is 32.3. The summed E-state index contributed by atoms with van der Waals surface area (Å²) in [5.41, 5.74) is 0.964. The SMILES string of the molecule is CC(C)OCCCNC(=O)CCc1ccc(S(=O)(=O)N2CCCCC2)cc1. The molecule has 0 bridgehead atoms. The quantitative estimate of drug-likeness (QED) is 0.617. The van der Waals surface area contributed by atoms with Gasteiger partial charge in [-0.15, -0.1) is 0 Å². The predicted octanol–water partition coefficient (Wildman–Crippen LogP) is 2.73. The molecule has 1 heterocycles. The summed E-state index contributed by atoms with van der Waals surface area (Å²) in [6.07, 6.45) is 4.95. The molecule has 1 aromatic carbocycles. The lowest BCUT2D eigenvalue weighted by Crippen LogP contribution is -2.35. The molecule has 0 atom stereocenters. The maximum atomic E-state index is 12.6. The van der Waals surface area contributed by atoms with Gasteiger partial charge in [-0.3, -0.25) is 4.79 Å². The molecular weight excluding hydrogens is 364 g/mol. The van der Waals surface area contributed by atoms with Crippen LogP contribution in [0.1, 0.15) is 51.5 Å². The fourth-order valence-electron chi connectivity index (χ4n) is 3.05. The van der Waals surface area contributed by atoms with Crippen LogP contribution in [0.3, 0.4) is 0 Å². The first kappa shape index (κ1) is 21.9. The average Bonchev–Trinajstić information content (AvgIpc) is 2.67. The van der Waals surface area contributed by atoms with Crippen LogP contribution in [-0.4, -0.2) is 51.0 Å². The molecule has 1 amide bonds. The lowest BCUT2D eigenvalue weighted by Gasteiger charge is -2.25. The van der Waals surface area contributed by atoms with Crippen molar-refractivity contribution in [3.05, 3.63) is 29.8 Å². The number of sulfonamides is 1. The zero-order chi connectivity index (χ0) is 19.7. The minimum atomic E-state index is -3.39. The number of amides is 1. The minimum absolute atomic E-state index is 0.00422. The van der Waals surface area contributed by atoms with E-state index in [0.29, 0.717) is 44.0 Å². The van der Waals surface area contributed by atoms with Gasteiger partial charge in [-0.25, -0.2) is 8.42 Å². The normalized spacial score (nSPS) is 15.8. The van der Waals surface area contributed by atoms with Gasteiger partial charge in [-0.1, -0.05) is 18.6 Å². The molecule has 0 saturated carbocycles. The van der Waals surface area contributed by atoms with Gasteiger partial charge < -0.3 is 10.1 Å². The number of piperidine rings is 1. The van der Waals surface area contributed by atoms with Crippen LogP contribution < -0.4 is 5.32 Å². The molecule has 0 unspecified atom stereocenters. The summed E-state index contributed by atoms with van der Waals surface area (Å²) in [5.74, 6) is 0.00422. The lowest BCUT2D eigenvalue weighted by atomic mass is 10.1. The number of benzene rings is 1. The minimum Gasteiger partial charge on any atom is -0.379 e. The molecule has 0 aliphatic carbocycles. The van der Waals surface area contributed by atoms with Crippen LogP contribution in [0.4, 0.5) is 0 Å². The first-order valence-corrected chi connectivity index (χ1v) is 11.3. The van der Waals surface area contributed by atoms with E-state index >= 15 is 0 Å². The number of hydrogen-bond donors (Lipinski definition) is 1. The van der Waals surface area contributed by atoms with Crippen LogP contribution in [0.5, 0.6) is 0 Å². The molecule has 1 fully saturated rings. The van der Waals surface area contributed by atoms with Gasteiger partial charge >= 0.3 is 0 Å². The highest BCUT2D eigenvalue weighted by molar-refractivity contribution is 7.89. The van der Waals surface area contributed by atoms with Crippen LogP contribution in [0.25, 0.3) is 0 Å². The summed E-state index contributed by atoms with van der Waals surface area (Å²) in [6.45, 7) is 6.44. The second-order valence-corrected chi connectivity index (χ2v) is 9.17. The van der Waals surface area contributed by atoms with E-state index in [0.717, 1.165) is 31.2 Å². The smallest absolute Gasteiger partial charge is 0.243 e. The van der Waals surface area contributed by atoms with Gasteiger partial charge in [0, 0.05) is 32.7 Å². The Balaban J connectivity index is 1.76. The van der Waals surface area contributed by atoms with Gasteiger partial charge in [0.15, 0.2) is 0 Å². The molecular formula is C20H32N2O4S. The Morgan fingerprint density at radius 3 is 2.44 bits per heavy atom. The fourth-order valence-corrected chi connectivity index (χ4v) is 4.56. The lowest BCUT2D eigenvalue weighted by molar-refractivity contribution is -0.121. The largest absolute Gasteiger partial charge is 0.379 e. The predicted molar refractivity (Wildman–Crippen MR) is 106 cm³/mol. The third-order valence-corrected chi connectivity index (χ3v) is 6.52. The monoisotopic (exact) mass is 396 g/mol. The van der Waals surface area contributed by atoms with Crippen molar-refractivity contribution in [1.82, 2.24) is 9.62 Å². The first-order valence-electron chi connectivity index (χ1n) is 9.87. The van der Waals surface area contributed by atoms with Gasteiger partial charge in [0.2, 0.25) is 15.9 Å². The Morgan fingerprint density at radius 1 is 1.15 bits per heavy atom. The third-order valence-electron chi connectivity index (χ3n) is 4.61. The molecule has 7 heteroatoms. The molecule has 0 aromatic heterocycles. The van der Waals surface area contributed by atoms with Crippen molar-refractivity contribution in [2.24, 2.45) is 0 Å². The molecule has 27 heavy (non-hydrogen) atoms. The molecule has 1 N–H and O–H groups in total. The molecule has 6 nitrogen and oxygen atoms in total. The molecule has 152 valence electrons. The summed E-state index contributed by atoms with van der Waals surface area (Å²) >= 11 is 0. The number of rotatable bonds is 10. The van der Waals surface area contributed by atoms with Crippen molar-refractivity contribution < 1.29 is 17.9 Å². The highest BCUT2D eigenvalue weighted by Crippen LogP contribution is 2.21. The third kappa shape index (κ3) is 7.24. The second-order valence-electron chi connectivity index (χ2n) is 7.23. The van der Waals surface area contributed by atoms with E-state index in [9.17, 15) is 13.2 Å². The Labute approximate surface area is 163 Å². The number of hydrogen-bond acceptors (Lipinski definition) is 4. The van der Waals surface area contributed by atoms with Gasteiger partial charge in [0.05, 0.1) is 11.0 Å². The van der Waals surface area contributed by atoms with E-state index in [2.05, 4.69) is 5.32 Å². The van der Waals surface area contributed by atoms with Crippen LogP contribution in [0.2, 0.25) is 0 Å². The van der Waals surface area contributed by atoms with Crippen LogP contribution in [0.15, 0.2) is 29.2 Å². The number of nitrogens with zero attached hydrogens (tertiary/aromatic N) is 1. The Kier molecular flexibility index (Phi) is 8.73. The van der Waals surface area contributed by atoms with Crippen LogP contribution >= 0.6 is 0 Å². The van der Waals surface area contributed by atoms with Gasteiger partial charge in [-0.2, -0.15) is 4.31 Å². The molecule has 1 aliphatic rings. The molecule has 0 spiro atoms. The van der Waals surface area contributed by atoms with E-state index in [1.54, 1.807) is 28.6 Å². The Hall–Kier alpha value is -1.44. The number of ether oxygens (including phenoxy) is 1. The van der Waals surface area contributed by atoms with E-state index in [-0.39, 0.29) is 12.0 Å². The second kappa shape index (κ2) is 10.8. The van der Waals surface area contributed by atoms with Crippen molar-refractivity contribution in [3.63, 3.8) is 0 Å². The Bertz CT molecular complexity index is 680. The van der Waals surface area contributed by atoms with Crippen molar-refractivity contribution in [3.8, 4) is 0 Å². The van der Waals surface area contributed by atoms with Gasteiger partial charge in [0.25, 0.3) is 0 Å². The summed E-state index contributed by atoms with van der Waals surface area (Å²) in [6, 6.07) is 6.92. The maximum Gasteiger partial charge on any atom is 0.243 e. The molecule has 1 saturated heterocycles. The fraction of sp³-hybridized carbons (Fsp3) is 0.650. The molecule has 1 aromatic rings. The van der Waals surface area contributed by atoms with E-state index < -0.39 is 10.0 Å². The van der Waals surface area contributed by atoms with Crippen LogP contribution in [-0.2, 0) is 26.0 Å². The average molecular weight is 397 g/mol. The number of aryl methyl sites for hydroxylation is 1. The number of nitrogens with one attached hydrogen (secondary N) is 1. The highest BCUT2D eigenvalue weighted by Gasteiger charge is 2.25. The van der Waals surface area contributed by atoms with Crippen LogP contribution in [0, 0.1) is 0 Å². The van der Waals surface area contributed by atoms with E-state index in [1.807, 2.05) is 13.8 Å². The zero-order valence-electron chi connectivity index (χ0n) is 16.4. The van der Waals surface area contributed by atoms with E-state index in [1.165, 1.54) is 0 Å². The molecule has 1 aliphatic heterocycles. The first-order chi connectivity index (χ1) is 12.9. The summed E-state index contributed by atoms with van der Waals surface area (Å²) in [7, 11) is -3.39. The molecule has 2 rings (SSSR count). The highest BCUT2D eigenvalue weighted by atomic mass is 32.2. The van der Waals surface area contributed by atoms with Crippen molar-refractivity contribution in [1.29, 1.82) is 0 Å². The standard InChI is InChI=1S/C20H32N2O4S/c1-17(2)26-16-6-13-21-20(23)12-9-18-7-10-19(11-8-18)27(24,25)22-14-4-3-5-15-22/h7-8,10-11,17H,3-6,9,12-16H2,1-2H3,(H,21,23). The topological polar surface area (TPSA) is 75.7 Å². The van der Waals surface area contributed by atoms with Crippen molar-refractivity contribution in [2.45, 2.75) is 63.4 Å². The number of carbonyl (C=O) groups excluding carboxylic acids is 1. The van der Waals surface area contributed by atoms with Gasteiger partial charge in [-0.05, 0) is 57.2 Å². The maximum absolute atomic E-state index is 12.6. The van der Waals surface area contributed by atoms with Crippen molar-refractivity contribution >= 4 is 15.9 Å². The van der Waals surface area contributed by atoms with Gasteiger partial charge in [0.1, 0.15) is 0 Å². The van der Waals surface area contributed by atoms with E-state index in [4.69, 9.17) is 4.74 Å². The number of carbonyl (C=O) groups is 1. The Morgan fingerprint density at radius 2 is 1.81 bits per heavy atom. The molecule has 0 radical (unpaired) electrons. The summed E-state index contributed by atoms with van der Waals surface area (Å²) in [5, 5.41) is 2.88. The zero-order valence-corrected chi connectivity index (χ0v) is 17.3.